The van der Waals surface area contributed by atoms with Crippen LogP contribution in [0, 0.1) is 24.0 Å². The molecule has 1 aromatic heterocycles. The smallest absolute Gasteiger partial charge is 0.273 e. The second-order valence-electron chi connectivity index (χ2n) is 6.58. The molecule has 1 aromatic carbocycles. The third-order valence-corrected chi connectivity index (χ3v) is 4.70. The summed E-state index contributed by atoms with van der Waals surface area (Å²) in [4.78, 5) is 25.4. The predicted octanol–water partition coefficient (Wildman–Crippen LogP) is 2.61. The summed E-state index contributed by atoms with van der Waals surface area (Å²) in [6, 6.07) is 8.19. The molecule has 1 saturated heterocycles. The van der Waals surface area contributed by atoms with Crippen LogP contribution in [0.5, 0.6) is 0 Å². The normalized spacial score (nSPS) is 16.1. The average molecular weight is 373 g/mol. The van der Waals surface area contributed by atoms with E-state index in [1.807, 2.05) is 19.1 Å². The van der Waals surface area contributed by atoms with Crippen molar-refractivity contribution in [2.24, 2.45) is 0 Å². The molecule has 0 aliphatic carbocycles. The van der Waals surface area contributed by atoms with Gasteiger partial charge >= 0.3 is 0 Å². The van der Waals surface area contributed by atoms with Crippen LogP contribution in [0.25, 0.3) is 0 Å². The van der Waals surface area contributed by atoms with Gasteiger partial charge in [0.15, 0.2) is 0 Å². The minimum Gasteiger partial charge on any atom is -0.465 e. The second-order valence-corrected chi connectivity index (χ2v) is 6.58. The van der Waals surface area contributed by atoms with Crippen LogP contribution in [0.4, 0.5) is 5.69 Å². The largest absolute Gasteiger partial charge is 0.465 e. The van der Waals surface area contributed by atoms with E-state index < -0.39 is 4.92 Å². The number of rotatable bonds is 6. The molecule has 0 saturated carbocycles. The third-order valence-electron chi connectivity index (χ3n) is 4.70. The number of carbonyl (C=O) groups is 1. The molecule has 1 unspecified atom stereocenters. The molecular weight excluding hydrogens is 350 g/mol. The zero-order valence-corrected chi connectivity index (χ0v) is 15.4. The summed E-state index contributed by atoms with van der Waals surface area (Å²) >= 11 is 0. The molecule has 144 valence electrons. The number of nitrogens with one attached hydrogen (secondary N) is 1. The van der Waals surface area contributed by atoms with E-state index in [0.717, 1.165) is 24.6 Å². The van der Waals surface area contributed by atoms with Crippen molar-refractivity contribution >= 4 is 11.6 Å². The lowest BCUT2D eigenvalue weighted by Crippen LogP contribution is -2.43. The first-order valence-corrected chi connectivity index (χ1v) is 8.87. The van der Waals surface area contributed by atoms with Gasteiger partial charge in [-0.2, -0.15) is 0 Å². The van der Waals surface area contributed by atoms with Crippen LogP contribution in [0.1, 0.15) is 33.5 Å². The van der Waals surface area contributed by atoms with Crippen molar-refractivity contribution in [2.45, 2.75) is 19.9 Å². The van der Waals surface area contributed by atoms with E-state index in [9.17, 15) is 14.9 Å². The van der Waals surface area contributed by atoms with Gasteiger partial charge in [0.25, 0.3) is 11.6 Å². The highest BCUT2D eigenvalue weighted by Crippen LogP contribution is 2.24. The maximum Gasteiger partial charge on any atom is 0.273 e. The van der Waals surface area contributed by atoms with Gasteiger partial charge < -0.3 is 14.5 Å². The van der Waals surface area contributed by atoms with Crippen molar-refractivity contribution in [3.8, 4) is 0 Å². The van der Waals surface area contributed by atoms with E-state index in [-0.39, 0.29) is 23.2 Å². The Morgan fingerprint density at radius 1 is 1.26 bits per heavy atom. The van der Waals surface area contributed by atoms with Crippen molar-refractivity contribution in [1.29, 1.82) is 0 Å². The van der Waals surface area contributed by atoms with Gasteiger partial charge in [-0.25, -0.2) is 0 Å². The van der Waals surface area contributed by atoms with Crippen molar-refractivity contribution < 1.29 is 18.9 Å². The number of carbonyl (C=O) groups excluding carboxylic acids is 1. The number of morpholine rings is 1. The molecule has 8 heteroatoms. The summed E-state index contributed by atoms with van der Waals surface area (Å²) in [5.74, 6) is 1.24. The van der Waals surface area contributed by atoms with Crippen molar-refractivity contribution in [1.82, 2.24) is 10.2 Å². The van der Waals surface area contributed by atoms with Gasteiger partial charge in [0.2, 0.25) is 0 Å². The van der Waals surface area contributed by atoms with Gasteiger partial charge in [0.1, 0.15) is 11.5 Å². The highest BCUT2D eigenvalue weighted by Gasteiger charge is 2.26. The van der Waals surface area contributed by atoms with Gasteiger partial charge in [-0.3, -0.25) is 19.8 Å². The number of hydrogen-bond acceptors (Lipinski definition) is 6. The van der Waals surface area contributed by atoms with Crippen LogP contribution < -0.4 is 5.32 Å². The monoisotopic (exact) mass is 373 g/mol. The zero-order valence-electron chi connectivity index (χ0n) is 15.4. The molecule has 1 aliphatic heterocycles. The Hall–Kier alpha value is -2.71. The van der Waals surface area contributed by atoms with E-state index in [0.29, 0.717) is 25.3 Å². The average Bonchev–Trinajstić information content (AvgIpc) is 3.09. The molecule has 1 atom stereocenters. The first-order valence-electron chi connectivity index (χ1n) is 8.87. The number of aryl methyl sites for hydroxylation is 2. The molecule has 3 rings (SSSR count). The molecule has 0 spiro atoms. The lowest BCUT2D eigenvalue weighted by Gasteiger charge is -2.33. The van der Waals surface area contributed by atoms with Gasteiger partial charge in [-0.05, 0) is 32.0 Å². The third kappa shape index (κ3) is 4.53. The number of ether oxygens (including phenoxy) is 1. The van der Waals surface area contributed by atoms with Crippen LogP contribution in [0.2, 0.25) is 0 Å². The summed E-state index contributed by atoms with van der Waals surface area (Å²) in [6.07, 6.45) is 0. The van der Waals surface area contributed by atoms with Crippen LogP contribution in [-0.2, 0) is 4.74 Å². The predicted molar refractivity (Wildman–Crippen MR) is 98.7 cm³/mol. The van der Waals surface area contributed by atoms with Crippen molar-refractivity contribution in [3.63, 3.8) is 0 Å². The second kappa shape index (κ2) is 8.32. The molecule has 1 N–H and O–H groups in total. The van der Waals surface area contributed by atoms with Gasteiger partial charge in [0.05, 0.1) is 24.2 Å². The standard InChI is InChI=1S/C19H23N3O5/c1-13-3-5-15(11-16(13)22(24)25)19(23)20-12-17(18-6-4-14(2)27-18)21-7-9-26-10-8-21/h3-6,11,17H,7-10,12H2,1-2H3,(H,20,23). The molecule has 2 aromatic rings. The topological polar surface area (TPSA) is 97.8 Å². The fourth-order valence-corrected chi connectivity index (χ4v) is 3.17. The molecule has 1 fully saturated rings. The quantitative estimate of drug-likeness (QED) is 0.617. The number of nitrogens with zero attached hydrogens (tertiary/aromatic N) is 2. The lowest BCUT2D eigenvalue weighted by molar-refractivity contribution is -0.385. The van der Waals surface area contributed by atoms with Crippen LogP contribution in [-0.4, -0.2) is 48.6 Å². The Balaban J connectivity index is 1.74. The first-order chi connectivity index (χ1) is 13.0. The van der Waals surface area contributed by atoms with E-state index in [4.69, 9.17) is 9.15 Å². The van der Waals surface area contributed by atoms with E-state index >= 15 is 0 Å². The molecule has 0 radical (unpaired) electrons. The number of benzene rings is 1. The Kier molecular flexibility index (Phi) is 5.88. The fraction of sp³-hybridized carbons (Fsp3) is 0.421. The van der Waals surface area contributed by atoms with Crippen molar-refractivity contribution in [3.05, 3.63) is 63.1 Å². The van der Waals surface area contributed by atoms with E-state index in [1.165, 1.54) is 6.07 Å². The number of nitro benzene ring substituents is 1. The van der Waals surface area contributed by atoms with Gasteiger partial charge in [-0.15, -0.1) is 0 Å². The van der Waals surface area contributed by atoms with Crippen LogP contribution in [0.15, 0.2) is 34.7 Å². The fourth-order valence-electron chi connectivity index (χ4n) is 3.17. The molecule has 0 bridgehead atoms. The minimum atomic E-state index is -0.478. The minimum absolute atomic E-state index is 0.0611. The number of hydrogen-bond donors (Lipinski definition) is 1. The molecule has 2 heterocycles. The maximum atomic E-state index is 12.5. The Labute approximate surface area is 157 Å². The van der Waals surface area contributed by atoms with E-state index in [2.05, 4.69) is 10.2 Å². The number of furan rings is 1. The number of amides is 1. The summed E-state index contributed by atoms with van der Waals surface area (Å²) < 4.78 is 11.2. The highest BCUT2D eigenvalue weighted by atomic mass is 16.6. The SMILES string of the molecule is Cc1ccc(C(CNC(=O)c2ccc(C)c([N+](=O)[O-])c2)N2CCOCC2)o1. The van der Waals surface area contributed by atoms with E-state index in [1.54, 1.807) is 19.1 Å². The van der Waals surface area contributed by atoms with Gasteiger partial charge in [-0.1, -0.05) is 6.07 Å². The summed E-state index contributed by atoms with van der Waals surface area (Å²) in [6.45, 7) is 6.63. The first kappa shape index (κ1) is 19.1. The highest BCUT2D eigenvalue weighted by molar-refractivity contribution is 5.95. The molecule has 1 aliphatic rings. The molecule has 27 heavy (non-hydrogen) atoms. The van der Waals surface area contributed by atoms with Crippen molar-refractivity contribution in [2.75, 3.05) is 32.8 Å². The van der Waals surface area contributed by atoms with Crippen LogP contribution in [0.3, 0.4) is 0 Å². The molecular formula is C19H23N3O5. The zero-order chi connectivity index (χ0) is 19.4. The summed E-state index contributed by atoms with van der Waals surface area (Å²) in [7, 11) is 0. The Bertz CT molecular complexity index is 827. The molecule has 1 amide bonds. The van der Waals surface area contributed by atoms with Crippen LogP contribution >= 0.6 is 0 Å². The number of nitro groups is 1. The Morgan fingerprint density at radius 2 is 2.00 bits per heavy atom. The van der Waals surface area contributed by atoms with Gasteiger partial charge in [0, 0.05) is 36.8 Å². The Morgan fingerprint density at radius 3 is 2.63 bits per heavy atom. The lowest BCUT2D eigenvalue weighted by atomic mass is 10.1. The summed E-state index contributed by atoms with van der Waals surface area (Å²) in [5, 5.41) is 14.0. The maximum absolute atomic E-state index is 12.5. The molecule has 8 nitrogen and oxygen atoms in total. The summed E-state index contributed by atoms with van der Waals surface area (Å²) in [5.41, 5.74) is 0.728.